The van der Waals surface area contributed by atoms with Gasteiger partial charge in [0.15, 0.2) is 0 Å². The van der Waals surface area contributed by atoms with Crippen LogP contribution in [0.2, 0.25) is 5.02 Å². The van der Waals surface area contributed by atoms with Gasteiger partial charge in [-0.3, -0.25) is 4.98 Å². The molecule has 0 saturated carbocycles. The maximum atomic E-state index is 5.78. The van der Waals surface area contributed by atoms with Crippen LogP contribution in [-0.4, -0.2) is 12.0 Å². The summed E-state index contributed by atoms with van der Waals surface area (Å²) in [5.41, 5.74) is 5.44. The van der Waals surface area contributed by atoms with Gasteiger partial charge in [0.1, 0.15) is 0 Å². The van der Waals surface area contributed by atoms with Crippen molar-refractivity contribution in [1.82, 2.24) is 4.98 Å². The van der Waals surface area contributed by atoms with Gasteiger partial charge in [-0.05, 0) is 25.2 Å². The summed E-state index contributed by atoms with van der Waals surface area (Å²) >= 11 is 5.78. The van der Waals surface area contributed by atoms with Crippen LogP contribution in [0.4, 0.5) is 0 Å². The SMILES string of the molecule is CN.Clc1ccc2cccnc2c1. The lowest BCUT2D eigenvalue weighted by Gasteiger charge is -1.94. The van der Waals surface area contributed by atoms with E-state index in [4.69, 9.17) is 11.6 Å². The van der Waals surface area contributed by atoms with Gasteiger partial charge in [0, 0.05) is 16.6 Å². The number of nitrogens with two attached hydrogens (primary N) is 1. The quantitative estimate of drug-likeness (QED) is 0.700. The number of rotatable bonds is 0. The molecule has 2 rings (SSSR count). The number of nitrogens with zero attached hydrogens (tertiary/aromatic N) is 1. The number of pyridine rings is 1. The van der Waals surface area contributed by atoms with E-state index < -0.39 is 0 Å². The molecule has 0 aliphatic heterocycles. The van der Waals surface area contributed by atoms with Crippen molar-refractivity contribution in [1.29, 1.82) is 0 Å². The van der Waals surface area contributed by atoms with Crippen LogP contribution in [0.5, 0.6) is 0 Å². The first-order chi connectivity index (χ1) is 6.36. The highest BCUT2D eigenvalue weighted by Crippen LogP contribution is 2.16. The van der Waals surface area contributed by atoms with E-state index in [0.29, 0.717) is 0 Å². The lowest BCUT2D eigenvalue weighted by Crippen LogP contribution is -1.75. The highest BCUT2D eigenvalue weighted by molar-refractivity contribution is 6.31. The van der Waals surface area contributed by atoms with Crippen molar-refractivity contribution in [3.05, 3.63) is 41.6 Å². The largest absolute Gasteiger partial charge is 0.333 e. The lowest BCUT2D eigenvalue weighted by atomic mass is 10.2. The Bertz CT molecular complexity index is 387. The minimum atomic E-state index is 0.733. The Balaban J connectivity index is 0.000000396. The average molecular weight is 195 g/mol. The highest BCUT2D eigenvalue weighted by atomic mass is 35.5. The molecule has 0 atom stereocenters. The fraction of sp³-hybridized carbons (Fsp3) is 0.100. The van der Waals surface area contributed by atoms with Crippen LogP contribution in [-0.2, 0) is 0 Å². The van der Waals surface area contributed by atoms with Crippen molar-refractivity contribution in [3.8, 4) is 0 Å². The van der Waals surface area contributed by atoms with Gasteiger partial charge >= 0.3 is 0 Å². The Kier molecular flexibility index (Phi) is 3.68. The smallest absolute Gasteiger partial charge is 0.0716 e. The normalized spacial score (nSPS) is 9.15. The summed E-state index contributed by atoms with van der Waals surface area (Å²) in [6.07, 6.45) is 1.76. The molecule has 2 nitrogen and oxygen atoms in total. The Morgan fingerprint density at radius 2 is 2.00 bits per heavy atom. The molecule has 0 saturated heterocycles. The van der Waals surface area contributed by atoms with Crippen LogP contribution in [0.3, 0.4) is 0 Å². The first-order valence-electron chi connectivity index (χ1n) is 3.94. The van der Waals surface area contributed by atoms with Crippen molar-refractivity contribution < 1.29 is 0 Å². The van der Waals surface area contributed by atoms with Crippen LogP contribution in [0.25, 0.3) is 10.9 Å². The standard InChI is InChI=1S/C9H6ClN.CH5N/c10-8-4-3-7-2-1-5-11-9(7)6-8;1-2/h1-6H;2H2,1H3. The fourth-order valence-corrected chi connectivity index (χ4v) is 1.21. The second kappa shape index (κ2) is 4.80. The van der Waals surface area contributed by atoms with Gasteiger partial charge in [-0.15, -0.1) is 0 Å². The van der Waals surface area contributed by atoms with Crippen LogP contribution >= 0.6 is 11.6 Å². The van der Waals surface area contributed by atoms with Crippen molar-refractivity contribution in [2.75, 3.05) is 7.05 Å². The van der Waals surface area contributed by atoms with E-state index in [1.807, 2.05) is 30.3 Å². The monoisotopic (exact) mass is 194 g/mol. The molecular weight excluding hydrogens is 184 g/mol. The predicted molar refractivity (Wildman–Crippen MR) is 56.9 cm³/mol. The van der Waals surface area contributed by atoms with E-state index in [-0.39, 0.29) is 0 Å². The molecule has 1 aromatic carbocycles. The number of hydrogen-bond acceptors (Lipinski definition) is 2. The van der Waals surface area contributed by atoms with Gasteiger partial charge in [-0.1, -0.05) is 23.7 Å². The molecule has 1 heterocycles. The molecule has 68 valence electrons. The summed E-state index contributed by atoms with van der Waals surface area (Å²) in [5.74, 6) is 0. The first kappa shape index (κ1) is 9.96. The fourth-order valence-electron chi connectivity index (χ4n) is 1.04. The summed E-state index contributed by atoms with van der Waals surface area (Å²) in [7, 11) is 1.50. The van der Waals surface area contributed by atoms with Crippen molar-refractivity contribution in [2.24, 2.45) is 5.73 Å². The summed E-state index contributed by atoms with van der Waals surface area (Å²) in [5, 5.41) is 1.85. The highest BCUT2D eigenvalue weighted by Gasteiger charge is 1.92. The second-order valence-corrected chi connectivity index (χ2v) is 2.78. The molecule has 3 heteroatoms. The molecule has 13 heavy (non-hydrogen) atoms. The Morgan fingerprint density at radius 1 is 1.23 bits per heavy atom. The summed E-state index contributed by atoms with van der Waals surface area (Å²) in [4.78, 5) is 4.16. The molecule has 0 spiro atoms. The van der Waals surface area contributed by atoms with E-state index in [1.165, 1.54) is 7.05 Å². The van der Waals surface area contributed by atoms with E-state index in [9.17, 15) is 0 Å². The van der Waals surface area contributed by atoms with E-state index >= 15 is 0 Å². The van der Waals surface area contributed by atoms with Crippen molar-refractivity contribution >= 4 is 22.5 Å². The average Bonchev–Trinajstić information content (AvgIpc) is 2.21. The van der Waals surface area contributed by atoms with Crippen LogP contribution in [0.1, 0.15) is 0 Å². The molecule has 1 aromatic heterocycles. The van der Waals surface area contributed by atoms with Crippen LogP contribution < -0.4 is 5.73 Å². The summed E-state index contributed by atoms with van der Waals surface area (Å²) < 4.78 is 0. The second-order valence-electron chi connectivity index (χ2n) is 2.34. The van der Waals surface area contributed by atoms with Gasteiger partial charge < -0.3 is 5.73 Å². The first-order valence-corrected chi connectivity index (χ1v) is 4.32. The van der Waals surface area contributed by atoms with E-state index in [1.54, 1.807) is 6.20 Å². The van der Waals surface area contributed by atoms with Gasteiger partial charge in [-0.2, -0.15) is 0 Å². The number of hydrogen-bond donors (Lipinski definition) is 1. The number of halogens is 1. The van der Waals surface area contributed by atoms with Crippen LogP contribution in [0.15, 0.2) is 36.5 Å². The van der Waals surface area contributed by atoms with E-state index in [2.05, 4.69) is 10.7 Å². The summed E-state index contributed by atoms with van der Waals surface area (Å²) in [6, 6.07) is 9.61. The maximum Gasteiger partial charge on any atom is 0.0716 e. The number of benzene rings is 1. The van der Waals surface area contributed by atoms with Crippen molar-refractivity contribution in [2.45, 2.75) is 0 Å². The molecule has 0 amide bonds. The minimum Gasteiger partial charge on any atom is -0.333 e. The zero-order valence-corrected chi connectivity index (χ0v) is 8.12. The number of fused-ring (bicyclic) bond motifs is 1. The minimum absolute atomic E-state index is 0.733. The molecule has 2 N–H and O–H groups in total. The van der Waals surface area contributed by atoms with Crippen LogP contribution in [0, 0.1) is 0 Å². The molecule has 0 aliphatic carbocycles. The van der Waals surface area contributed by atoms with Gasteiger partial charge in [0.05, 0.1) is 5.52 Å². The molecule has 0 radical (unpaired) electrons. The molecule has 0 unspecified atom stereocenters. The molecular formula is C10H11ClN2. The zero-order chi connectivity index (χ0) is 9.68. The van der Waals surface area contributed by atoms with E-state index in [0.717, 1.165) is 15.9 Å². The molecule has 0 bridgehead atoms. The Morgan fingerprint density at radius 3 is 2.77 bits per heavy atom. The molecule has 2 aromatic rings. The Labute approximate surface area is 82.3 Å². The third kappa shape index (κ3) is 2.41. The van der Waals surface area contributed by atoms with Crippen molar-refractivity contribution in [3.63, 3.8) is 0 Å². The van der Waals surface area contributed by atoms with Gasteiger partial charge in [0.25, 0.3) is 0 Å². The molecule has 0 fully saturated rings. The van der Waals surface area contributed by atoms with Gasteiger partial charge in [0.2, 0.25) is 0 Å². The lowest BCUT2D eigenvalue weighted by molar-refractivity contribution is 1.41. The predicted octanol–water partition coefficient (Wildman–Crippen LogP) is 2.46. The zero-order valence-electron chi connectivity index (χ0n) is 7.37. The van der Waals surface area contributed by atoms with Gasteiger partial charge in [-0.25, -0.2) is 0 Å². The maximum absolute atomic E-state index is 5.78. The number of aromatic nitrogens is 1. The third-order valence-electron chi connectivity index (χ3n) is 1.57. The molecule has 0 aliphatic rings. The summed E-state index contributed by atoms with van der Waals surface area (Å²) in [6.45, 7) is 0. The topological polar surface area (TPSA) is 38.9 Å². The third-order valence-corrected chi connectivity index (χ3v) is 1.80. The Hall–Kier alpha value is -1.12.